The first-order valence-corrected chi connectivity index (χ1v) is 10.6. The van der Waals surface area contributed by atoms with Crippen LogP contribution in [-0.4, -0.2) is 49.3 Å². The Labute approximate surface area is 190 Å². The molecule has 0 atom stereocenters. The number of benzene rings is 1. The highest BCUT2D eigenvalue weighted by Crippen LogP contribution is 2.36. The Morgan fingerprint density at radius 1 is 1.12 bits per heavy atom. The first-order chi connectivity index (χ1) is 15.9. The van der Waals surface area contributed by atoms with Gasteiger partial charge in [-0.05, 0) is 18.6 Å². The zero-order chi connectivity index (χ0) is 23.2. The molecule has 168 valence electrons. The molecule has 0 saturated carbocycles. The standard InChI is InChI=1S/C23H24N8O2/c1-15-3-5-16(6-4-15)8-25-22(33)23(21(24)32)12-30(13-23)20-19-7-17(11-31(19)28-14-26-20)18-9-27-29(2)10-18/h3-7,9-11,14H,8,12-13H2,1-2H3,(H2,24,32)(H,25,33). The van der Waals surface area contributed by atoms with E-state index in [0.29, 0.717) is 12.4 Å². The van der Waals surface area contributed by atoms with Gasteiger partial charge in [-0.2, -0.15) is 10.2 Å². The van der Waals surface area contributed by atoms with Crippen LogP contribution in [0.15, 0.2) is 55.2 Å². The molecule has 10 nitrogen and oxygen atoms in total. The van der Waals surface area contributed by atoms with Crippen molar-refractivity contribution < 1.29 is 9.59 Å². The highest BCUT2D eigenvalue weighted by atomic mass is 16.2. The normalized spacial score (nSPS) is 14.8. The minimum absolute atomic E-state index is 0.155. The van der Waals surface area contributed by atoms with Crippen LogP contribution in [0.1, 0.15) is 11.1 Å². The molecule has 1 fully saturated rings. The number of nitrogens with one attached hydrogen (secondary N) is 1. The number of hydrogen-bond donors (Lipinski definition) is 2. The van der Waals surface area contributed by atoms with Gasteiger partial charge in [-0.15, -0.1) is 0 Å². The highest BCUT2D eigenvalue weighted by Gasteiger charge is 2.55. The van der Waals surface area contributed by atoms with Crippen molar-refractivity contribution in [3.05, 3.63) is 66.4 Å². The molecule has 33 heavy (non-hydrogen) atoms. The number of nitrogens with zero attached hydrogens (tertiary/aromatic N) is 6. The molecule has 1 aliphatic heterocycles. The smallest absolute Gasteiger partial charge is 0.239 e. The summed E-state index contributed by atoms with van der Waals surface area (Å²) in [7, 11) is 1.86. The van der Waals surface area contributed by atoms with Crippen molar-refractivity contribution >= 4 is 23.1 Å². The summed E-state index contributed by atoms with van der Waals surface area (Å²) in [5.41, 5.74) is 9.16. The first-order valence-electron chi connectivity index (χ1n) is 10.6. The van der Waals surface area contributed by atoms with E-state index in [1.165, 1.54) is 6.33 Å². The molecule has 0 spiro atoms. The van der Waals surface area contributed by atoms with Gasteiger partial charge in [-0.25, -0.2) is 9.50 Å². The number of primary amides is 1. The van der Waals surface area contributed by atoms with Crippen LogP contribution in [0.2, 0.25) is 0 Å². The third-order valence-electron chi connectivity index (χ3n) is 6.12. The van der Waals surface area contributed by atoms with Gasteiger partial charge >= 0.3 is 0 Å². The van der Waals surface area contributed by atoms with Crippen LogP contribution in [0.4, 0.5) is 5.82 Å². The fourth-order valence-electron chi connectivity index (χ4n) is 4.11. The van der Waals surface area contributed by atoms with Gasteiger partial charge in [-0.1, -0.05) is 29.8 Å². The number of fused-ring (bicyclic) bond motifs is 1. The summed E-state index contributed by atoms with van der Waals surface area (Å²) in [6.45, 7) is 2.64. The maximum Gasteiger partial charge on any atom is 0.239 e. The van der Waals surface area contributed by atoms with Gasteiger partial charge in [0, 0.05) is 50.2 Å². The Balaban J connectivity index is 1.35. The molecule has 3 aromatic heterocycles. The van der Waals surface area contributed by atoms with Crippen LogP contribution in [0.5, 0.6) is 0 Å². The topological polar surface area (TPSA) is 123 Å². The van der Waals surface area contributed by atoms with E-state index >= 15 is 0 Å². The van der Waals surface area contributed by atoms with Gasteiger partial charge in [-0.3, -0.25) is 14.3 Å². The number of aromatic nitrogens is 5. The molecular weight excluding hydrogens is 420 g/mol. The molecule has 3 N–H and O–H groups in total. The lowest BCUT2D eigenvalue weighted by molar-refractivity contribution is -0.143. The number of aryl methyl sites for hydroxylation is 2. The lowest BCUT2D eigenvalue weighted by Crippen LogP contribution is -2.69. The minimum atomic E-state index is -1.30. The lowest BCUT2D eigenvalue weighted by atomic mass is 9.77. The number of anilines is 1. The average Bonchev–Trinajstić information content (AvgIpc) is 3.39. The number of hydrogen-bond acceptors (Lipinski definition) is 6. The Hall–Kier alpha value is -4.21. The summed E-state index contributed by atoms with van der Waals surface area (Å²) in [4.78, 5) is 31.6. The molecule has 2 amide bonds. The van der Waals surface area contributed by atoms with Crippen LogP contribution in [-0.2, 0) is 23.2 Å². The zero-order valence-electron chi connectivity index (χ0n) is 18.4. The van der Waals surface area contributed by atoms with E-state index < -0.39 is 11.3 Å². The summed E-state index contributed by atoms with van der Waals surface area (Å²) < 4.78 is 3.46. The first kappa shape index (κ1) is 20.7. The summed E-state index contributed by atoms with van der Waals surface area (Å²) in [6, 6.07) is 9.82. The molecule has 0 unspecified atom stereocenters. The second kappa shape index (κ2) is 7.73. The number of carbonyl (C=O) groups is 2. The molecule has 1 aromatic carbocycles. The largest absolute Gasteiger partial charge is 0.369 e. The Morgan fingerprint density at radius 3 is 2.55 bits per heavy atom. The van der Waals surface area contributed by atoms with Crippen molar-refractivity contribution in [2.24, 2.45) is 18.2 Å². The van der Waals surface area contributed by atoms with Crippen molar-refractivity contribution in [2.45, 2.75) is 13.5 Å². The summed E-state index contributed by atoms with van der Waals surface area (Å²) in [5, 5.41) is 11.4. The second-order valence-electron chi connectivity index (χ2n) is 8.52. The van der Waals surface area contributed by atoms with Crippen molar-refractivity contribution in [1.29, 1.82) is 0 Å². The summed E-state index contributed by atoms with van der Waals surface area (Å²) >= 11 is 0. The van der Waals surface area contributed by atoms with Crippen molar-refractivity contribution in [3.63, 3.8) is 0 Å². The molecular formula is C23H24N8O2. The molecule has 0 radical (unpaired) electrons. The van der Waals surface area contributed by atoms with E-state index in [2.05, 4.69) is 20.5 Å². The molecule has 0 bridgehead atoms. The van der Waals surface area contributed by atoms with E-state index in [1.807, 2.05) is 61.6 Å². The van der Waals surface area contributed by atoms with E-state index in [9.17, 15) is 9.59 Å². The van der Waals surface area contributed by atoms with Crippen LogP contribution >= 0.6 is 0 Å². The van der Waals surface area contributed by atoms with E-state index in [0.717, 1.165) is 27.8 Å². The van der Waals surface area contributed by atoms with Gasteiger partial charge in [0.15, 0.2) is 11.2 Å². The van der Waals surface area contributed by atoms with Crippen LogP contribution in [0, 0.1) is 12.3 Å². The molecule has 5 rings (SSSR count). The predicted octanol–water partition coefficient (Wildman–Crippen LogP) is 1.05. The summed E-state index contributed by atoms with van der Waals surface area (Å²) in [6.07, 6.45) is 7.05. The minimum Gasteiger partial charge on any atom is -0.369 e. The molecule has 4 heterocycles. The quantitative estimate of drug-likeness (QED) is 0.429. The van der Waals surface area contributed by atoms with Crippen molar-refractivity contribution in [2.75, 3.05) is 18.0 Å². The van der Waals surface area contributed by atoms with Gasteiger partial charge in [0.1, 0.15) is 11.8 Å². The monoisotopic (exact) mass is 444 g/mol. The highest BCUT2D eigenvalue weighted by molar-refractivity contribution is 6.07. The lowest BCUT2D eigenvalue weighted by Gasteiger charge is -2.47. The predicted molar refractivity (Wildman–Crippen MR) is 122 cm³/mol. The fraction of sp³-hybridized carbons (Fsp3) is 0.261. The van der Waals surface area contributed by atoms with Crippen LogP contribution in [0.3, 0.4) is 0 Å². The third kappa shape index (κ3) is 3.59. The van der Waals surface area contributed by atoms with Crippen molar-refractivity contribution in [3.8, 4) is 11.1 Å². The maximum atomic E-state index is 13.0. The van der Waals surface area contributed by atoms with Gasteiger partial charge in [0.25, 0.3) is 0 Å². The maximum absolute atomic E-state index is 13.0. The third-order valence-corrected chi connectivity index (χ3v) is 6.12. The molecule has 0 aliphatic carbocycles. The number of rotatable bonds is 6. The number of nitrogens with two attached hydrogens (primary N) is 1. The summed E-state index contributed by atoms with van der Waals surface area (Å²) in [5.74, 6) is -0.372. The number of carbonyl (C=O) groups excluding carboxylic acids is 2. The SMILES string of the molecule is Cc1ccc(CNC(=O)C2(C(N)=O)CN(c3ncnn4cc(-c5cnn(C)c5)cc34)C2)cc1. The number of amides is 2. The fourth-order valence-corrected chi connectivity index (χ4v) is 4.11. The Morgan fingerprint density at radius 2 is 1.88 bits per heavy atom. The molecule has 1 saturated heterocycles. The van der Waals surface area contributed by atoms with E-state index in [4.69, 9.17) is 5.73 Å². The van der Waals surface area contributed by atoms with Crippen molar-refractivity contribution in [1.82, 2.24) is 29.7 Å². The second-order valence-corrected chi connectivity index (χ2v) is 8.52. The van der Waals surface area contributed by atoms with Crippen LogP contribution < -0.4 is 16.0 Å². The Bertz CT molecular complexity index is 1350. The molecule has 10 heteroatoms. The van der Waals surface area contributed by atoms with E-state index in [-0.39, 0.29) is 19.0 Å². The Kier molecular flexibility index (Phi) is 4.85. The molecule has 4 aromatic rings. The zero-order valence-corrected chi connectivity index (χ0v) is 18.4. The average molecular weight is 444 g/mol. The van der Waals surface area contributed by atoms with Gasteiger partial charge in [0.2, 0.25) is 11.8 Å². The van der Waals surface area contributed by atoms with Gasteiger partial charge < -0.3 is 16.0 Å². The van der Waals surface area contributed by atoms with E-state index in [1.54, 1.807) is 15.4 Å². The van der Waals surface area contributed by atoms with Crippen LogP contribution in [0.25, 0.3) is 16.6 Å². The van der Waals surface area contributed by atoms with Gasteiger partial charge in [0.05, 0.1) is 6.20 Å². The molecule has 1 aliphatic rings.